The summed E-state index contributed by atoms with van der Waals surface area (Å²) in [6.45, 7) is 2.08. The van der Waals surface area contributed by atoms with Crippen LogP contribution in [0.3, 0.4) is 0 Å². The van der Waals surface area contributed by atoms with Gasteiger partial charge in [0.05, 0.1) is 16.4 Å². The topological polar surface area (TPSA) is 42.7 Å². The molecule has 0 bridgehead atoms. The molecular weight excluding hydrogens is 284 g/mol. The van der Waals surface area contributed by atoms with Gasteiger partial charge in [0.25, 0.3) is 0 Å². The highest BCUT2D eigenvalue weighted by Gasteiger charge is 2.17. The van der Waals surface area contributed by atoms with Gasteiger partial charge in [0.15, 0.2) is 0 Å². The Bertz CT molecular complexity index is 565. The molecule has 2 aromatic heterocycles. The van der Waals surface area contributed by atoms with Crippen molar-refractivity contribution in [3.8, 4) is 0 Å². The molecule has 0 aromatic carbocycles. The van der Waals surface area contributed by atoms with Crippen molar-refractivity contribution >= 4 is 11.6 Å². The van der Waals surface area contributed by atoms with Crippen LogP contribution in [0.15, 0.2) is 24.5 Å². The molecule has 2 rings (SSSR count). The van der Waals surface area contributed by atoms with E-state index in [-0.39, 0.29) is 0 Å². The van der Waals surface area contributed by atoms with Crippen molar-refractivity contribution in [1.29, 1.82) is 0 Å². The van der Waals surface area contributed by atoms with Gasteiger partial charge in [-0.1, -0.05) is 24.6 Å². The molecule has 114 valence electrons. The first-order chi connectivity index (χ1) is 10.2. The zero-order chi connectivity index (χ0) is 15.2. The highest BCUT2D eigenvalue weighted by molar-refractivity contribution is 6.31. The molecule has 0 aliphatic carbocycles. The monoisotopic (exact) mass is 306 g/mol. The van der Waals surface area contributed by atoms with E-state index in [1.165, 1.54) is 5.56 Å². The summed E-state index contributed by atoms with van der Waals surface area (Å²) in [5, 5.41) is 8.68. The van der Waals surface area contributed by atoms with Gasteiger partial charge in [-0.15, -0.1) is 0 Å². The Balaban J connectivity index is 2.01. The number of nitrogens with one attached hydrogen (secondary N) is 1. The standard InChI is InChI=1S/C16H23ClN4/c1-4-14-16(17)15(21(3)20-14)10-13(18-2)8-7-12-6-5-9-19-11-12/h5-6,9,11,13,18H,4,7-8,10H2,1-3H3. The number of nitrogens with zero attached hydrogens (tertiary/aromatic N) is 3. The van der Waals surface area contributed by atoms with Gasteiger partial charge >= 0.3 is 0 Å². The van der Waals surface area contributed by atoms with Gasteiger partial charge in [0.2, 0.25) is 0 Å². The van der Waals surface area contributed by atoms with Gasteiger partial charge < -0.3 is 5.32 Å². The van der Waals surface area contributed by atoms with Crippen LogP contribution in [-0.4, -0.2) is 27.9 Å². The van der Waals surface area contributed by atoms with Crippen LogP contribution in [0.25, 0.3) is 0 Å². The summed E-state index contributed by atoms with van der Waals surface area (Å²) in [6.07, 6.45) is 7.55. The number of pyridine rings is 1. The molecule has 0 spiro atoms. The van der Waals surface area contributed by atoms with Crippen LogP contribution in [-0.2, 0) is 26.3 Å². The zero-order valence-electron chi connectivity index (χ0n) is 12.9. The van der Waals surface area contributed by atoms with Crippen LogP contribution in [0, 0.1) is 0 Å². The second-order valence-corrected chi connectivity index (χ2v) is 5.65. The lowest BCUT2D eigenvalue weighted by atomic mass is 10.0. The molecule has 2 heterocycles. The third-order valence-electron chi connectivity index (χ3n) is 3.86. The molecule has 0 aliphatic heterocycles. The van der Waals surface area contributed by atoms with E-state index in [0.717, 1.165) is 42.1 Å². The van der Waals surface area contributed by atoms with E-state index in [1.807, 2.05) is 31.0 Å². The van der Waals surface area contributed by atoms with Gasteiger partial charge in [0, 0.05) is 31.9 Å². The predicted molar refractivity (Wildman–Crippen MR) is 86.7 cm³/mol. The fraction of sp³-hybridized carbons (Fsp3) is 0.500. The molecule has 4 nitrogen and oxygen atoms in total. The molecule has 0 saturated carbocycles. The van der Waals surface area contributed by atoms with Crippen molar-refractivity contribution in [3.63, 3.8) is 0 Å². The van der Waals surface area contributed by atoms with Gasteiger partial charge in [-0.2, -0.15) is 5.10 Å². The van der Waals surface area contributed by atoms with Crippen molar-refractivity contribution < 1.29 is 0 Å². The van der Waals surface area contributed by atoms with E-state index < -0.39 is 0 Å². The molecule has 1 N–H and O–H groups in total. The molecule has 2 aromatic rings. The summed E-state index contributed by atoms with van der Waals surface area (Å²) in [4.78, 5) is 4.16. The van der Waals surface area contributed by atoms with E-state index in [4.69, 9.17) is 11.6 Å². The lowest BCUT2D eigenvalue weighted by Gasteiger charge is -2.16. The predicted octanol–water partition coefficient (Wildman–Crippen LogP) is 2.79. The second kappa shape index (κ2) is 7.57. The quantitative estimate of drug-likeness (QED) is 0.855. The van der Waals surface area contributed by atoms with Crippen molar-refractivity contribution in [2.75, 3.05) is 7.05 Å². The van der Waals surface area contributed by atoms with Gasteiger partial charge in [-0.3, -0.25) is 9.67 Å². The summed E-state index contributed by atoms with van der Waals surface area (Å²) < 4.78 is 1.91. The fourth-order valence-corrected chi connectivity index (χ4v) is 2.88. The number of likely N-dealkylation sites (N-methyl/N-ethyl adjacent to an activating group) is 1. The highest BCUT2D eigenvalue weighted by Crippen LogP contribution is 2.22. The van der Waals surface area contributed by atoms with Crippen molar-refractivity contribution in [2.45, 2.75) is 38.6 Å². The molecule has 0 aliphatic rings. The van der Waals surface area contributed by atoms with Crippen LogP contribution in [0.5, 0.6) is 0 Å². The number of rotatable bonds is 7. The van der Waals surface area contributed by atoms with Crippen molar-refractivity contribution in [2.24, 2.45) is 7.05 Å². The maximum atomic E-state index is 6.43. The Morgan fingerprint density at radius 1 is 1.43 bits per heavy atom. The summed E-state index contributed by atoms with van der Waals surface area (Å²) >= 11 is 6.43. The molecular formula is C16H23ClN4. The third kappa shape index (κ3) is 4.05. The first kappa shape index (κ1) is 16.0. The minimum absolute atomic E-state index is 0.378. The Labute approximate surface area is 131 Å². The smallest absolute Gasteiger partial charge is 0.0850 e. The molecule has 0 fully saturated rings. The van der Waals surface area contributed by atoms with Crippen LogP contribution < -0.4 is 5.32 Å². The van der Waals surface area contributed by atoms with E-state index in [2.05, 4.69) is 28.4 Å². The second-order valence-electron chi connectivity index (χ2n) is 5.27. The normalized spacial score (nSPS) is 12.6. The van der Waals surface area contributed by atoms with Crippen LogP contribution in [0.4, 0.5) is 0 Å². The molecule has 0 radical (unpaired) electrons. The van der Waals surface area contributed by atoms with Crippen molar-refractivity contribution in [3.05, 3.63) is 46.5 Å². The Morgan fingerprint density at radius 2 is 2.24 bits per heavy atom. The molecule has 21 heavy (non-hydrogen) atoms. The van der Waals surface area contributed by atoms with Crippen LogP contribution >= 0.6 is 11.6 Å². The molecule has 1 unspecified atom stereocenters. The highest BCUT2D eigenvalue weighted by atomic mass is 35.5. The third-order valence-corrected chi connectivity index (χ3v) is 4.29. The SMILES string of the molecule is CCc1nn(C)c(CC(CCc2cccnc2)NC)c1Cl. The molecule has 1 atom stereocenters. The van der Waals surface area contributed by atoms with Crippen LogP contribution in [0.1, 0.15) is 30.3 Å². The first-order valence-electron chi connectivity index (χ1n) is 7.42. The molecule has 0 saturated heterocycles. The van der Waals surface area contributed by atoms with E-state index >= 15 is 0 Å². The average molecular weight is 307 g/mol. The Morgan fingerprint density at radius 3 is 2.81 bits per heavy atom. The van der Waals surface area contributed by atoms with Gasteiger partial charge in [-0.05, 0) is 37.9 Å². The largest absolute Gasteiger partial charge is 0.317 e. The average Bonchev–Trinajstić information content (AvgIpc) is 2.79. The number of hydrogen-bond acceptors (Lipinski definition) is 3. The number of aryl methyl sites for hydroxylation is 3. The number of halogens is 1. The van der Waals surface area contributed by atoms with E-state index in [1.54, 1.807) is 6.20 Å². The van der Waals surface area contributed by atoms with E-state index in [0.29, 0.717) is 6.04 Å². The van der Waals surface area contributed by atoms with Gasteiger partial charge in [-0.25, -0.2) is 0 Å². The summed E-state index contributed by atoms with van der Waals surface area (Å²) in [6, 6.07) is 4.48. The lowest BCUT2D eigenvalue weighted by Crippen LogP contribution is -2.29. The van der Waals surface area contributed by atoms with Crippen LogP contribution in [0.2, 0.25) is 5.02 Å². The fourth-order valence-electron chi connectivity index (χ4n) is 2.51. The summed E-state index contributed by atoms with van der Waals surface area (Å²) in [5.41, 5.74) is 3.36. The lowest BCUT2D eigenvalue weighted by molar-refractivity contribution is 0.503. The van der Waals surface area contributed by atoms with Gasteiger partial charge in [0.1, 0.15) is 0 Å². The maximum Gasteiger partial charge on any atom is 0.0850 e. The number of aromatic nitrogens is 3. The Kier molecular flexibility index (Phi) is 5.76. The van der Waals surface area contributed by atoms with Crippen molar-refractivity contribution in [1.82, 2.24) is 20.1 Å². The minimum atomic E-state index is 0.378. The summed E-state index contributed by atoms with van der Waals surface area (Å²) in [5.74, 6) is 0. The first-order valence-corrected chi connectivity index (χ1v) is 7.79. The van der Waals surface area contributed by atoms with E-state index in [9.17, 15) is 0 Å². The molecule has 0 amide bonds. The Hall–Kier alpha value is -1.39. The minimum Gasteiger partial charge on any atom is -0.317 e. The summed E-state index contributed by atoms with van der Waals surface area (Å²) in [7, 11) is 3.97. The number of hydrogen-bond donors (Lipinski definition) is 1. The zero-order valence-corrected chi connectivity index (χ0v) is 13.7. The molecule has 5 heteroatoms. The maximum absolute atomic E-state index is 6.43.